The summed E-state index contributed by atoms with van der Waals surface area (Å²) in [5, 5.41) is 31.3. The number of hydrogen-bond donors (Lipinski definition) is 4. The highest BCUT2D eigenvalue weighted by Crippen LogP contribution is 2.22. The van der Waals surface area contributed by atoms with Crippen LogP contribution in [0.25, 0.3) is 10.4 Å². The van der Waals surface area contributed by atoms with Crippen molar-refractivity contribution in [2.24, 2.45) is 5.22 Å². The summed E-state index contributed by atoms with van der Waals surface area (Å²) in [5.41, 5.74) is 10.3. The van der Waals surface area contributed by atoms with Crippen molar-refractivity contribution in [1.82, 2.24) is 5.43 Å². The van der Waals surface area contributed by atoms with Gasteiger partial charge in [0.2, 0.25) is 6.29 Å². The van der Waals surface area contributed by atoms with Crippen molar-refractivity contribution in [1.29, 1.82) is 0 Å². The summed E-state index contributed by atoms with van der Waals surface area (Å²) in [4.78, 5) is 13.3. The molecule has 10 nitrogen and oxygen atoms in total. The lowest BCUT2D eigenvalue weighted by molar-refractivity contribution is -0.263. The van der Waals surface area contributed by atoms with Gasteiger partial charge in [-0.25, -0.2) is 5.43 Å². The number of azide groups is 1. The highest BCUT2D eigenvalue weighted by molar-refractivity contribution is 5.66. The fourth-order valence-electron chi connectivity index (χ4n) is 1.58. The third-order valence-corrected chi connectivity index (χ3v) is 2.41. The Labute approximate surface area is 102 Å². The van der Waals surface area contributed by atoms with Crippen LogP contribution in [0.5, 0.6) is 0 Å². The van der Waals surface area contributed by atoms with Gasteiger partial charge in [0.1, 0.15) is 18.3 Å². The van der Waals surface area contributed by atoms with Crippen molar-refractivity contribution < 1.29 is 29.6 Å². The first-order valence-electron chi connectivity index (χ1n) is 5.10. The molecule has 102 valence electrons. The molecule has 0 amide bonds. The van der Waals surface area contributed by atoms with Gasteiger partial charge in [0.25, 0.3) is 0 Å². The van der Waals surface area contributed by atoms with Crippen LogP contribution in [0, 0.1) is 0 Å². The average molecular weight is 262 g/mol. The lowest BCUT2D eigenvalue weighted by Crippen LogP contribution is -2.63. The van der Waals surface area contributed by atoms with Crippen LogP contribution in [0.15, 0.2) is 5.22 Å². The van der Waals surface area contributed by atoms with Crippen LogP contribution in [0.3, 0.4) is 0 Å². The zero-order valence-corrected chi connectivity index (χ0v) is 9.50. The maximum absolute atomic E-state index is 10.9. The Morgan fingerprint density at radius 3 is 2.72 bits per heavy atom. The fraction of sp³-hybridized carbons (Fsp3) is 0.875. The minimum Gasteiger partial charge on any atom is -0.431 e. The van der Waals surface area contributed by atoms with E-state index in [-0.39, 0.29) is 0 Å². The van der Waals surface area contributed by atoms with Crippen LogP contribution in [-0.2, 0) is 14.3 Å². The molecule has 1 aliphatic rings. The van der Waals surface area contributed by atoms with Crippen LogP contribution in [0.1, 0.15) is 6.92 Å². The summed E-state index contributed by atoms with van der Waals surface area (Å²) < 4.78 is 9.85. The molecule has 18 heavy (non-hydrogen) atoms. The fourth-order valence-corrected chi connectivity index (χ4v) is 1.58. The Balaban J connectivity index is 2.85. The first kappa shape index (κ1) is 14.5. The second-order valence-corrected chi connectivity index (χ2v) is 3.66. The van der Waals surface area contributed by atoms with Gasteiger partial charge in [0.05, 0.1) is 6.61 Å². The molecular weight excluding hydrogens is 248 g/mol. The van der Waals surface area contributed by atoms with E-state index in [1.54, 1.807) is 0 Å². The maximum atomic E-state index is 10.9. The number of aliphatic hydroxyl groups is 3. The van der Waals surface area contributed by atoms with Gasteiger partial charge in [0, 0.05) is 6.92 Å². The zero-order chi connectivity index (χ0) is 13.7. The predicted molar refractivity (Wildman–Crippen MR) is 55.6 cm³/mol. The first-order valence-corrected chi connectivity index (χ1v) is 5.10. The summed E-state index contributed by atoms with van der Waals surface area (Å²) in [6, 6.07) is -1.14. The first-order chi connectivity index (χ1) is 8.51. The zero-order valence-electron chi connectivity index (χ0n) is 9.50. The minimum absolute atomic E-state index is 0.565. The van der Waals surface area contributed by atoms with Gasteiger partial charge >= 0.3 is 5.97 Å². The van der Waals surface area contributed by atoms with E-state index in [0.717, 1.165) is 6.92 Å². The van der Waals surface area contributed by atoms with E-state index in [1.165, 1.54) is 0 Å². The molecule has 1 saturated heterocycles. The number of nitrogens with zero attached hydrogens (tertiary/aromatic N) is 3. The average Bonchev–Trinajstić information content (AvgIpc) is 2.32. The Bertz CT molecular complexity index is 346. The summed E-state index contributed by atoms with van der Waals surface area (Å²) in [6.07, 6.45) is -5.24. The normalized spacial score (nSPS) is 35.4. The highest BCUT2D eigenvalue weighted by Gasteiger charge is 2.47. The Kier molecular flexibility index (Phi) is 5.13. The molecule has 0 spiro atoms. The number of esters is 1. The topological polar surface area (TPSA) is 157 Å². The van der Waals surface area contributed by atoms with Crippen molar-refractivity contribution in [2.45, 2.75) is 37.6 Å². The summed E-state index contributed by atoms with van der Waals surface area (Å²) in [7, 11) is 0. The number of hydrogen-bond acceptors (Lipinski definition) is 7. The molecule has 1 fully saturated rings. The van der Waals surface area contributed by atoms with Gasteiger partial charge in [-0.3, -0.25) is 4.79 Å². The van der Waals surface area contributed by atoms with Crippen LogP contribution in [0.2, 0.25) is 0 Å². The molecule has 0 aromatic heterocycles. The quantitative estimate of drug-likeness (QED) is 0.152. The Morgan fingerprint density at radius 1 is 1.56 bits per heavy atom. The smallest absolute Gasteiger partial charge is 0.305 e. The largest absolute Gasteiger partial charge is 0.431 e. The molecule has 5 atom stereocenters. The number of aliphatic hydroxyl groups excluding tert-OH is 3. The van der Waals surface area contributed by atoms with Gasteiger partial charge in [-0.15, -0.1) is 5.53 Å². The highest BCUT2D eigenvalue weighted by atomic mass is 16.7. The predicted octanol–water partition coefficient (Wildman–Crippen LogP) is -1.83. The van der Waals surface area contributed by atoms with Crippen LogP contribution in [-0.4, -0.2) is 58.5 Å². The number of carbonyl (C=O) groups excluding carboxylic acids is 1. The van der Waals surface area contributed by atoms with Crippen molar-refractivity contribution in [3.8, 4) is 0 Å². The number of ether oxygens (including phenoxy) is 2. The van der Waals surface area contributed by atoms with Crippen LogP contribution < -0.4 is 5.43 Å². The van der Waals surface area contributed by atoms with Crippen LogP contribution >= 0.6 is 0 Å². The molecule has 0 aliphatic carbocycles. The van der Waals surface area contributed by atoms with Crippen LogP contribution in [0.4, 0.5) is 0 Å². The molecule has 0 radical (unpaired) electrons. The summed E-state index contributed by atoms with van der Waals surface area (Å²) in [5.74, 6) is -0.687. The minimum atomic E-state index is -1.44. The maximum Gasteiger partial charge on any atom is 0.305 e. The molecule has 1 aliphatic heterocycles. The van der Waals surface area contributed by atoms with E-state index in [4.69, 9.17) is 20.1 Å². The molecule has 0 aromatic carbocycles. The third-order valence-electron chi connectivity index (χ3n) is 2.41. The molecule has 1 heterocycles. The third kappa shape index (κ3) is 3.22. The monoisotopic (exact) mass is 262 g/mol. The van der Waals surface area contributed by atoms with Crippen molar-refractivity contribution in [3.63, 3.8) is 0 Å². The number of nitrogens with one attached hydrogen (secondary N) is 1. The van der Waals surface area contributed by atoms with Gasteiger partial charge < -0.3 is 24.8 Å². The standard InChI is InChI=1S/C8H14N4O6/c1-3(14)17-8-5(10-12-11-9)7(16)6(15)4(2-13)18-8/h4-8,10,13,15-16H,2H2,1H3/t4-,5-,6-,7-,8?/m1/s1. The van der Waals surface area contributed by atoms with Crippen molar-refractivity contribution >= 4 is 5.97 Å². The Morgan fingerprint density at radius 2 is 2.22 bits per heavy atom. The lowest BCUT2D eigenvalue weighted by Gasteiger charge is -2.39. The molecule has 1 rings (SSSR count). The van der Waals surface area contributed by atoms with E-state index in [9.17, 15) is 15.0 Å². The molecule has 0 aromatic rings. The molecular formula is C8H14N4O6. The summed E-state index contributed by atoms with van der Waals surface area (Å²) >= 11 is 0. The Hall–Kier alpha value is -1.58. The van der Waals surface area contributed by atoms with E-state index in [1.807, 2.05) is 0 Å². The van der Waals surface area contributed by atoms with E-state index in [0.29, 0.717) is 0 Å². The van der Waals surface area contributed by atoms with E-state index in [2.05, 4.69) is 15.6 Å². The SMILES string of the molecule is CC(=O)OC1O[C@H](CO)[C@@H](O)[C@H](O)[C@H]1NN=[N+]=[N-]. The van der Waals surface area contributed by atoms with Gasteiger partial charge in [-0.1, -0.05) is 0 Å². The van der Waals surface area contributed by atoms with Gasteiger partial charge in [-0.2, -0.15) is 4.91 Å². The van der Waals surface area contributed by atoms with Crippen molar-refractivity contribution in [2.75, 3.05) is 6.61 Å². The molecule has 1 unspecified atom stereocenters. The van der Waals surface area contributed by atoms with Gasteiger partial charge in [-0.05, 0) is 5.22 Å². The molecule has 0 saturated carbocycles. The second-order valence-electron chi connectivity index (χ2n) is 3.66. The molecule has 10 heteroatoms. The second kappa shape index (κ2) is 6.38. The number of rotatable bonds is 4. The van der Waals surface area contributed by atoms with Gasteiger partial charge in [0.15, 0.2) is 6.04 Å². The van der Waals surface area contributed by atoms with E-state index < -0.39 is 43.2 Å². The number of carbonyl (C=O) groups is 1. The summed E-state index contributed by atoms with van der Waals surface area (Å²) in [6.45, 7) is 0.559. The molecule has 4 N–H and O–H groups in total. The lowest BCUT2D eigenvalue weighted by atomic mass is 9.97. The van der Waals surface area contributed by atoms with E-state index >= 15 is 0 Å². The van der Waals surface area contributed by atoms with Crippen molar-refractivity contribution in [3.05, 3.63) is 10.4 Å². The molecule has 0 bridgehead atoms.